The summed E-state index contributed by atoms with van der Waals surface area (Å²) in [5.41, 5.74) is 3.07. The van der Waals surface area contributed by atoms with Crippen LogP contribution in [0.15, 0.2) is 67.0 Å². The van der Waals surface area contributed by atoms with Crippen molar-refractivity contribution in [2.45, 2.75) is 39.3 Å². The van der Waals surface area contributed by atoms with Gasteiger partial charge in [-0.2, -0.15) is 5.10 Å². The lowest BCUT2D eigenvalue weighted by atomic mass is 10.1. The highest BCUT2D eigenvalue weighted by atomic mass is 16.6. The van der Waals surface area contributed by atoms with Crippen molar-refractivity contribution in [2.24, 2.45) is 0 Å². The highest BCUT2D eigenvalue weighted by Crippen LogP contribution is 2.10. The number of benzene rings is 2. The van der Waals surface area contributed by atoms with Gasteiger partial charge in [0, 0.05) is 31.0 Å². The summed E-state index contributed by atoms with van der Waals surface area (Å²) in [6.45, 7) is 6.33. The first kappa shape index (κ1) is 22.1. The lowest BCUT2D eigenvalue weighted by Gasteiger charge is -2.19. The Bertz CT molecular complexity index is 989. The molecule has 1 aromatic heterocycles. The Balaban J connectivity index is 1.43. The fourth-order valence-corrected chi connectivity index (χ4v) is 2.92. The van der Waals surface area contributed by atoms with E-state index < -0.39 is 11.7 Å². The molecule has 7 nitrogen and oxygen atoms in total. The van der Waals surface area contributed by atoms with Crippen LogP contribution in [0.5, 0.6) is 0 Å². The van der Waals surface area contributed by atoms with E-state index in [4.69, 9.17) is 4.74 Å². The number of ether oxygens (including phenoxy) is 1. The third-order valence-corrected chi connectivity index (χ3v) is 4.46. The molecule has 0 unspecified atom stereocenters. The van der Waals surface area contributed by atoms with Crippen LogP contribution in [-0.4, -0.2) is 33.9 Å². The number of alkyl carbamates (subject to hydrolysis) is 1. The molecule has 0 fully saturated rings. The predicted octanol–water partition coefficient (Wildman–Crippen LogP) is 3.87. The van der Waals surface area contributed by atoms with Gasteiger partial charge in [-0.15, -0.1) is 0 Å². The topological polar surface area (TPSA) is 85.2 Å². The predicted molar refractivity (Wildman–Crippen MR) is 119 cm³/mol. The monoisotopic (exact) mass is 420 g/mol. The molecule has 3 rings (SSSR count). The van der Waals surface area contributed by atoms with Crippen molar-refractivity contribution in [3.05, 3.63) is 83.7 Å². The molecule has 0 aliphatic heterocycles. The zero-order chi connectivity index (χ0) is 22.3. The van der Waals surface area contributed by atoms with Crippen LogP contribution >= 0.6 is 0 Å². The smallest absolute Gasteiger partial charge is 0.407 e. The first-order chi connectivity index (χ1) is 14.8. The van der Waals surface area contributed by atoms with Gasteiger partial charge in [0.2, 0.25) is 0 Å². The summed E-state index contributed by atoms with van der Waals surface area (Å²) < 4.78 is 7.01. The van der Waals surface area contributed by atoms with Gasteiger partial charge in [-0.1, -0.05) is 24.3 Å². The van der Waals surface area contributed by atoms with Crippen molar-refractivity contribution in [1.82, 2.24) is 20.4 Å². The molecule has 0 spiro atoms. The fraction of sp³-hybridized carbons (Fsp3) is 0.292. The Morgan fingerprint density at radius 2 is 1.65 bits per heavy atom. The van der Waals surface area contributed by atoms with E-state index >= 15 is 0 Å². The van der Waals surface area contributed by atoms with E-state index in [1.807, 2.05) is 69.4 Å². The molecule has 31 heavy (non-hydrogen) atoms. The molecule has 0 radical (unpaired) electrons. The molecule has 162 valence electrons. The number of nitrogens with zero attached hydrogens (tertiary/aromatic N) is 2. The molecule has 2 aromatic carbocycles. The maximum Gasteiger partial charge on any atom is 0.407 e. The largest absolute Gasteiger partial charge is 0.444 e. The SMILES string of the molecule is CC(C)(C)OC(=O)NCc1ccc(C(=O)NCCc2ccc(-n3cccn3)cc2)cc1. The molecule has 3 aromatic rings. The molecule has 2 amide bonds. The van der Waals surface area contributed by atoms with Gasteiger partial charge in [0.05, 0.1) is 5.69 Å². The van der Waals surface area contributed by atoms with Crippen LogP contribution in [0.4, 0.5) is 4.79 Å². The van der Waals surface area contributed by atoms with E-state index in [2.05, 4.69) is 15.7 Å². The van der Waals surface area contributed by atoms with E-state index in [0.717, 1.165) is 23.2 Å². The van der Waals surface area contributed by atoms with Crippen LogP contribution in [0.25, 0.3) is 5.69 Å². The highest BCUT2D eigenvalue weighted by Gasteiger charge is 2.15. The molecule has 1 heterocycles. The average Bonchev–Trinajstić information content (AvgIpc) is 3.27. The van der Waals surface area contributed by atoms with E-state index in [-0.39, 0.29) is 5.91 Å². The van der Waals surface area contributed by atoms with Gasteiger partial charge < -0.3 is 15.4 Å². The number of hydrogen-bond donors (Lipinski definition) is 2. The number of carbonyl (C=O) groups excluding carboxylic acids is 2. The van der Waals surface area contributed by atoms with Gasteiger partial charge >= 0.3 is 6.09 Å². The molecule has 0 saturated carbocycles. The summed E-state index contributed by atoms with van der Waals surface area (Å²) in [5, 5.41) is 9.85. The number of rotatable bonds is 7. The standard InChI is InChI=1S/C24H28N4O3/c1-24(2,3)31-23(30)26-17-19-5-9-20(10-6-19)22(29)25-15-13-18-7-11-21(12-8-18)28-16-4-14-27-28/h4-12,14,16H,13,15,17H2,1-3H3,(H,25,29)(H,26,30). The molecule has 2 N–H and O–H groups in total. The maximum atomic E-state index is 12.4. The van der Waals surface area contributed by atoms with Gasteiger partial charge in [0.15, 0.2) is 0 Å². The van der Waals surface area contributed by atoms with Crippen molar-refractivity contribution >= 4 is 12.0 Å². The zero-order valence-corrected chi connectivity index (χ0v) is 18.1. The number of amides is 2. The second kappa shape index (κ2) is 9.93. The number of hydrogen-bond acceptors (Lipinski definition) is 4. The van der Waals surface area contributed by atoms with Crippen LogP contribution in [0.1, 0.15) is 42.3 Å². The van der Waals surface area contributed by atoms with E-state index in [0.29, 0.717) is 18.7 Å². The first-order valence-electron chi connectivity index (χ1n) is 10.2. The Hall–Kier alpha value is -3.61. The van der Waals surface area contributed by atoms with Crippen molar-refractivity contribution < 1.29 is 14.3 Å². The average molecular weight is 421 g/mol. The minimum absolute atomic E-state index is 0.125. The lowest BCUT2D eigenvalue weighted by molar-refractivity contribution is 0.0523. The van der Waals surface area contributed by atoms with Gasteiger partial charge in [-0.25, -0.2) is 9.48 Å². The fourth-order valence-electron chi connectivity index (χ4n) is 2.92. The lowest BCUT2D eigenvalue weighted by Crippen LogP contribution is -2.32. The van der Waals surface area contributed by atoms with Crippen LogP contribution < -0.4 is 10.6 Å². The summed E-state index contributed by atoms with van der Waals surface area (Å²) in [7, 11) is 0. The third-order valence-electron chi connectivity index (χ3n) is 4.46. The molecular weight excluding hydrogens is 392 g/mol. The molecule has 0 aliphatic rings. The molecule has 0 bridgehead atoms. The summed E-state index contributed by atoms with van der Waals surface area (Å²) in [5.74, 6) is -0.125. The van der Waals surface area contributed by atoms with Gasteiger partial charge in [-0.3, -0.25) is 4.79 Å². The molecule has 0 aliphatic carbocycles. The van der Waals surface area contributed by atoms with Gasteiger partial charge in [0.1, 0.15) is 5.60 Å². The van der Waals surface area contributed by atoms with Crippen molar-refractivity contribution in [1.29, 1.82) is 0 Å². The van der Waals surface area contributed by atoms with Crippen molar-refractivity contribution in [3.63, 3.8) is 0 Å². The van der Waals surface area contributed by atoms with Crippen LogP contribution in [-0.2, 0) is 17.7 Å². The Kier molecular flexibility index (Phi) is 7.07. The zero-order valence-electron chi connectivity index (χ0n) is 18.1. The summed E-state index contributed by atoms with van der Waals surface area (Å²) >= 11 is 0. The number of nitrogens with one attached hydrogen (secondary N) is 2. The van der Waals surface area contributed by atoms with Crippen molar-refractivity contribution in [2.75, 3.05) is 6.54 Å². The molecular formula is C24H28N4O3. The van der Waals surface area contributed by atoms with Crippen molar-refractivity contribution in [3.8, 4) is 5.69 Å². The molecule has 7 heteroatoms. The third kappa shape index (κ3) is 6.99. The molecule has 0 atom stereocenters. The van der Waals surface area contributed by atoms with Crippen LogP contribution in [0.3, 0.4) is 0 Å². The summed E-state index contributed by atoms with van der Waals surface area (Å²) in [4.78, 5) is 24.1. The van der Waals surface area contributed by atoms with Crippen LogP contribution in [0.2, 0.25) is 0 Å². The minimum atomic E-state index is -0.534. The van der Waals surface area contributed by atoms with Crippen LogP contribution in [0, 0.1) is 0 Å². The second-order valence-corrected chi connectivity index (χ2v) is 8.18. The Morgan fingerprint density at radius 3 is 2.26 bits per heavy atom. The van der Waals surface area contributed by atoms with E-state index in [1.165, 1.54) is 0 Å². The summed E-state index contributed by atoms with van der Waals surface area (Å²) in [6, 6.07) is 17.1. The maximum absolute atomic E-state index is 12.4. The second-order valence-electron chi connectivity index (χ2n) is 8.18. The highest BCUT2D eigenvalue weighted by molar-refractivity contribution is 5.94. The van der Waals surface area contributed by atoms with Gasteiger partial charge in [0.25, 0.3) is 5.91 Å². The Labute approximate surface area is 182 Å². The number of aromatic nitrogens is 2. The first-order valence-corrected chi connectivity index (χ1v) is 10.2. The number of carbonyl (C=O) groups is 2. The van der Waals surface area contributed by atoms with E-state index in [1.54, 1.807) is 23.0 Å². The summed E-state index contributed by atoms with van der Waals surface area (Å²) in [6.07, 6.45) is 3.91. The normalized spacial score (nSPS) is 11.1. The van der Waals surface area contributed by atoms with Gasteiger partial charge in [-0.05, 0) is 68.7 Å². The molecule has 0 saturated heterocycles. The quantitative estimate of drug-likeness (QED) is 0.608. The minimum Gasteiger partial charge on any atom is -0.444 e. The van der Waals surface area contributed by atoms with E-state index in [9.17, 15) is 9.59 Å². The Morgan fingerprint density at radius 1 is 0.968 bits per heavy atom.